The summed E-state index contributed by atoms with van der Waals surface area (Å²) in [5.41, 5.74) is 0. The monoisotopic (exact) mass is 209 g/mol. The number of hydrogen-bond acceptors (Lipinski definition) is 3. The van der Waals surface area contributed by atoms with Gasteiger partial charge >= 0.3 is 5.97 Å². The highest BCUT2D eigenvalue weighted by Gasteiger charge is 1.98. The molecule has 0 aliphatic rings. The van der Waals surface area contributed by atoms with Crippen LogP contribution < -0.4 is 5.32 Å². The molecule has 0 aromatic heterocycles. The molecule has 0 heterocycles. The van der Waals surface area contributed by atoms with Crippen LogP contribution in [-0.2, 0) is 9.53 Å². The maximum Gasteiger partial charge on any atom is 0.319 e. The third-order valence-electron chi connectivity index (χ3n) is 1.53. The van der Waals surface area contributed by atoms with Crippen molar-refractivity contribution in [3.63, 3.8) is 0 Å². The number of ether oxygens (including phenoxy) is 1. The van der Waals surface area contributed by atoms with Crippen molar-refractivity contribution in [1.29, 1.82) is 0 Å². The minimum atomic E-state index is -0.158. The van der Waals surface area contributed by atoms with Crippen molar-refractivity contribution in [3.05, 3.63) is 0 Å². The first-order chi connectivity index (χ1) is 5.81. The predicted molar refractivity (Wildman–Crippen MR) is 56.3 cm³/mol. The zero-order valence-electron chi connectivity index (χ0n) is 8.47. The molecular weight excluding hydrogens is 190 g/mol. The van der Waals surface area contributed by atoms with Crippen molar-refractivity contribution in [1.82, 2.24) is 5.32 Å². The Labute approximate surface area is 86.6 Å². The molecule has 0 bridgehead atoms. The zero-order chi connectivity index (χ0) is 9.23. The molecule has 0 saturated carbocycles. The van der Waals surface area contributed by atoms with E-state index in [0.717, 1.165) is 13.0 Å². The summed E-state index contributed by atoms with van der Waals surface area (Å²) < 4.78 is 4.75. The van der Waals surface area contributed by atoms with Gasteiger partial charge in [-0.25, -0.2) is 0 Å². The van der Waals surface area contributed by atoms with E-state index in [-0.39, 0.29) is 18.4 Å². The van der Waals surface area contributed by atoms with Crippen molar-refractivity contribution in [2.24, 2.45) is 0 Å². The van der Waals surface area contributed by atoms with Crippen LogP contribution >= 0.6 is 12.4 Å². The van der Waals surface area contributed by atoms with E-state index in [1.54, 1.807) is 0 Å². The average molecular weight is 210 g/mol. The van der Waals surface area contributed by atoms with Gasteiger partial charge in [0, 0.05) is 0 Å². The van der Waals surface area contributed by atoms with Crippen molar-refractivity contribution >= 4 is 18.4 Å². The molecule has 0 radical (unpaired) electrons. The summed E-state index contributed by atoms with van der Waals surface area (Å²) in [7, 11) is 0. The molecular formula is C9H20ClNO2. The SMILES string of the molecule is CCCCCNCC(=O)OCC.Cl. The van der Waals surface area contributed by atoms with Crippen LogP contribution in [0.4, 0.5) is 0 Å². The number of unbranched alkanes of at least 4 members (excludes halogenated alkanes) is 2. The minimum Gasteiger partial charge on any atom is -0.465 e. The second kappa shape index (κ2) is 11.7. The third kappa shape index (κ3) is 11.7. The highest BCUT2D eigenvalue weighted by molar-refractivity contribution is 5.85. The summed E-state index contributed by atoms with van der Waals surface area (Å²) >= 11 is 0. The first-order valence-electron chi connectivity index (χ1n) is 4.67. The number of halogens is 1. The standard InChI is InChI=1S/C9H19NO2.ClH/c1-3-5-6-7-10-8-9(11)12-4-2;/h10H,3-8H2,1-2H3;1H. The van der Waals surface area contributed by atoms with Gasteiger partial charge in [0.1, 0.15) is 0 Å². The maximum atomic E-state index is 10.8. The van der Waals surface area contributed by atoms with Gasteiger partial charge in [0.05, 0.1) is 13.2 Å². The molecule has 0 aromatic rings. The van der Waals surface area contributed by atoms with Gasteiger partial charge in [-0.05, 0) is 19.9 Å². The summed E-state index contributed by atoms with van der Waals surface area (Å²) in [6.45, 7) is 5.69. The molecule has 0 aliphatic carbocycles. The summed E-state index contributed by atoms with van der Waals surface area (Å²) in [5, 5.41) is 3.03. The van der Waals surface area contributed by atoms with E-state index in [0.29, 0.717) is 13.2 Å². The van der Waals surface area contributed by atoms with Gasteiger partial charge in [0.15, 0.2) is 0 Å². The molecule has 80 valence electrons. The number of nitrogens with one attached hydrogen (secondary N) is 1. The van der Waals surface area contributed by atoms with Crippen molar-refractivity contribution < 1.29 is 9.53 Å². The normalized spacial score (nSPS) is 9.08. The Bertz CT molecular complexity index is 120. The Morgan fingerprint density at radius 2 is 2.00 bits per heavy atom. The highest BCUT2D eigenvalue weighted by atomic mass is 35.5. The number of hydrogen-bond donors (Lipinski definition) is 1. The van der Waals surface area contributed by atoms with Gasteiger partial charge in [0.2, 0.25) is 0 Å². The Balaban J connectivity index is 0. The second-order valence-corrected chi connectivity index (χ2v) is 2.69. The lowest BCUT2D eigenvalue weighted by atomic mass is 10.2. The zero-order valence-corrected chi connectivity index (χ0v) is 9.28. The Morgan fingerprint density at radius 3 is 2.54 bits per heavy atom. The molecule has 0 fully saturated rings. The van der Waals surface area contributed by atoms with Gasteiger partial charge in [0.25, 0.3) is 0 Å². The lowest BCUT2D eigenvalue weighted by Gasteiger charge is -2.03. The van der Waals surface area contributed by atoms with Gasteiger partial charge in [-0.2, -0.15) is 0 Å². The minimum absolute atomic E-state index is 0. The van der Waals surface area contributed by atoms with Crippen LogP contribution in [0.3, 0.4) is 0 Å². The van der Waals surface area contributed by atoms with E-state index >= 15 is 0 Å². The van der Waals surface area contributed by atoms with Crippen molar-refractivity contribution in [3.8, 4) is 0 Å². The number of carbonyl (C=O) groups is 1. The second-order valence-electron chi connectivity index (χ2n) is 2.69. The van der Waals surface area contributed by atoms with Crippen LogP contribution in [0.1, 0.15) is 33.1 Å². The molecule has 0 spiro atoms. The fourth-order valence-electron chi connectivity index (χ4n) is 0.902. The van der Waals surface area contributed by atoms with Crippen LogP contribution in [-0.4, -0.2) is 25.7 Å². The largest absolute Gasteiger partial charge is 0.465 e. The topological polar surface area (TPSA) is 38.3 Å². The molecule has 13 heavy (non-hydrogen) atoms. The molecule has 0 saturated heterocycles. The van der Waals surface area contributed by atoms with Crippen LogP contribution in [0.5, 0.6) is 0 Å². The molecule has 0 aliphatic heterocycles. The van der Waals surface area contributed by atoms with Gasteiger partial charge in [-0.1, -0.05) is 19.8 Å². The molecule has 0 unspecified atom stereocenters. The molecule has 4 heteroatoms. The Morgan fingerprint density at radius 1 is 1.31 bits per heavy atom. The average Bonchev–Trinajstić information content (AvgIpc) is 2.05. The number of esters is 1. The third-order valence-corrected chi connectivity index (χ3v) is 1.53. The molecule has 0 atom stereocenters. The van der Waals surface area contributed by atoms with Crippen molar-refractivity contribution in [2.75, 3.05) is 19.7 Å². The van der Waals surface area contributed by atoms with E-state index in [2.05, 4.69) is 12.2 Å². The van der Waals surface area contributed by atoms with E-state index < -0.39 is 0 Å². The first-order valence-corrected chi connectivity index (χ1v) is 4.67. The van der Waals surface area contributed by atoms with Gasteiger partial charge < -0.3 is 10.1 Å². The van der Waals surface area contributed by atoms with Crippen LogP contribution in [0, 0.1) is 0 Å². The molecule has 0 aromatic carbocycles. The fourth-order valence-corrected chi connectivity index (χ4v) is 0.902. The van der Waals surface area contributed by atoms with Crippen LogP contribution in [0.25, 0.3) is 0 Å². The van der Waals surface area contributed by atoms with Crippen molar-refractivity contribution in [2.45, 2.75) is 33.1 Å². The quantitative estimate of drug-likeness (QED) is 0.513. The lowest BCUT2D eigenvalue weighted by molar-refractivity contribution is -0.141. The van der Waals surface area contributed by atoms with E-state index in [1.165, 1.54) is 12.8 Å². The van der Waals surface area contributed by atoms with Crippen LogP contribution in [0.2, 0.25) is 0 Å². The Kier molecular flexibility index (Phi) is 13.7. The van der Waals surface area contributed by atoms with Crippen LogP contribution in [0.15, 0.2) is 0 Å². The molecule has 3 nitrogen and oxygen atoms in total. The fraction of sp³-hybridized carbons (Fsp3) is 0.889. The predicted octanol–water partition coefficient (Wildman–Crippen LogP) is 1.75. The van der Waals surface area contributed by atoms with E-state index in [1.807, 2.05) is 6.92 Å². The highest BCUT2D eigenvalue weighted by Crippen LogP contribution is 1.90. The van der Waals surface area contributed by atoms with E-state index in [9.17, 15) is 4.79 Å². The van der Waals surface area contributed by atoms with Gasteiger partial charge in [-0.15, -0.1) is 12.4 Å². The summed E-state index contributed by atoms with van der Waals surface area (Å²) in [5.74, 6) is -0.158. The molecule has 0 rings (SSSR count). The smallest absolute Gasteiger partial charge is 0.319 e. The maximum absolute atomic E-state index is 10.8. The van der Waals surface area contributed by atoms with Gasteiger partial charge in [-0.3, -0.25) is 4.79 Å². The summed E-state index contributed by atoms with van der Waals surface area (Å²) in [4.78, 5) is 10.8. The lowest BCUT2D eigenvalue weighted by Crippen LogP contribution is -2.25. The molecule has 0 amide bonds. The Hall–Kier alpha value is -0.280. The number of carbonyl (C=O) groups excluding carboxylic acids is 1. The summed E-state index contributed by atoms with van der Waals surface area (Å²) in [6, 6.07) is 0. The summed E-state index contributed by atoms with van der Waals surface area (Å²) in [6.07, 6.45) is 3.56. The van der Waals surface area contributed by atoms with E-state index in [4.69, 9.17) is 4.74 Å². The molecule has 1 N–H and O–H groups in total. The number of rotatable bonds is 7. The first kappa shape index (κ1) is 15.2.